The maximum Gasteiger partial charge on any atom is 0.263 e. The van der Waals surface area contributed by atoms with Gasteiger partial charge in [0, 0.05) is 48.8 Å². The van der Waals surface area contributed by atoms with E-state index < -0.39 is 12.3 Å². The van der Waals surface area contributed by atoms with Crippen LogP contribution < -0.4 is 4.90 Å². The Hall–Kier alpha value is -2.80. The molecule has 3 unspecified atom stereocenters. The number of hydrogen-bond acceptors (Lipinski definition) is 4. The van der Waals surface area contributed by atoms with Crippen molar-refractivity contribution in [3.8, 4) is 0 Å². The molecule has 3 aromatic rings. The number of nitrogens with zero attached hydrogens (tertiary/aromatic N) is 3. The number of rotatable bonds is 6. The van der Waals surface area contributed by atoms with Crippen LogP contribution in [0.5, 0.6) is 0 Å². The van der Waals surface area contributed by atoms with Crippen molar-refractivity contribution in [1.82, 2.24) is 9.55 Å². The highest BCUT2D eigenvalue weighted by Gasteiger charge is 2.28. The number of imidazole rings is 1. The number of benzene rings is 2. The lowest BCUT2D eigenvalue weighted by molar-refractivity contribution is -0.109. The van der Waals surface area contributed by atoms with Gasteiger partial charge in [0.05, 0.1) is 23.7 Å². The zero-order valence-electron chi connectivity index (χ0n) is 19.7. The van der Waals surface area contributed by atoms with Crippen molar-refractivity contribution < 1.29 is 18.3 Å². The van der Waals surface area contributed by atoms with Gasteiger partial charge >= 0.3 is 0 Å². The Labute approximate surface area is 198 Å². The first-order valence-corrected chi connectivity index (χ1v) is 12.1. The third-order valence-corrected chi connectivity index (χ3v) is 7.55. The summed E-state index contributed by atoms with van der Waals surface area (Å²) < 4.78 is 34.1. The maximum atomic E-state index is 13.0. The fourth-order valence-corrected chi connectivity index (χ4v) is 5.42. The molecule has 0 radical (unpaired) electrons. The zero-order chi connectivity index (χ0) is 23.8. The lowest BCUT2D eigenvalue weighted by atomic mass is 9.95. The topological polar surface area (TPSA) is 47.4 Å². The summed E-state index contributed by atoms with van der Waals surface area (Å²) in [6.07, 6.45) is 2.84. The molecule has 0 bridgehead atoms. The van der Waals surface area contributed by atoms with Crippen LogP contribution in [0.1, 0.15) is 67.1 Å². The molecule has 0 spiro atoms. The third-order valence-electron chi connectivity index (χ3n) is 7.55. The summed E-state index contributed by atoms with van der Waals surface area (Å²) in [5.74, 6) is 0.403. The van der Waals surface area contributed by atoms with Crippen LogP contribution in [0.15, 0.2) is 36.4 Å². The van der Waals surface area contributed by atoms with Crippen molar-refractivity contribution >= 4 is 23.0 Å². The van der Waals surface area contributed by atoms with Crippen LogP contribution in [0.2, 0.25) is 0 Å². The SMILES string of the molecule is CC1CCc2c(ccc3c2nc(CC(C=O)c2ccc(C(F)F)cc2)n3C2CCCOC2)N1C. The van der Waals surface area contributed by atoms with Gasteiger partial charge in [-0.3, -0.25) is 0 Å². The van der Waals surface area contributed by atoms with Gasteiger partial charge in [-0.15, -0.1) is 0 Å². The molecule has 180 valence electrons. The van der Waals surface area contributed by atoms with Gasteiger partial charge in [0.15, 0.2) is 0 Å². The molecular formula is C27H31F2N3O2. The lowest BCUT2D eigenvalue weighted by Crippen LogP contribution is -2.33. The highest BCUT2D eigenvalue weighted by molar-refractivity contribution is 5.86. The minimum Gasteiger partial charge on any atom is -0.379 e. The highest BCUT2D eigenvalue weighted by atomic mass is 19.3. The van der Waals surface area contributed by atoms with Crippen molar-refractivity contribution in [2.24, 2.45) is 0 Å². The standard InChI is InChI=1S/C27H31F2N3O2/c1-17-5-10-22-23(31(17)2)11-12-24-26(22)30-25(32(24)21-4-3-13-34-16-21)14-20(15-33)18-6-8-19(9-7-18)27(28)29/h6-9,11-12,15,17,20-21,27H,3-5,10,13-14,16H2,1-2H3. The Morgan fingerprint density at radius 3 is 2.59 bits per heavy atom. The summed E-state index contributed by atoms with van der Waals surface area (Å²) in [6, 6.07) is 11.1. The van der Waals surface area contributed by atoms with E-state index in [1.54, 1.807) is 12.1 Å². The predicted molar refractivity (Wildman–Crippen MR) is 129 cm³/mol. The molecule has 5 nitrogen and oxygen atoms in total. The number of carbonyl (C=O) groups is 1. The first-order valence-electron chi connectivity index (χ1n) is 12.1. The normalized spacial score (nSPS) is 21.6. The number of anilines is 1. The molecule has 1 fully saturated rings. The average molecular weight is 468 g/mol. The summed E-state index contributed by atoms with van der Waals surface area (Å²) in [5, 5.41) is 0. The van der Waals surface area contributed by atoms with E-state index in [4.69, 9.17) is 9.72 Å². The molecule has 0 amide bonds. The number of hydrogen-bond donors (Lipinski definition) is 0. The summed E-state index contributed by atoms with van der Waals surface area (Å²) >= 11 is 0. The number of aldehydes is 1. The van der Waals surface area contributed by atoms with Crippen LogP contribution in [-0.2, 0) is 22.4 Å². The molecule has 1 saturated heterocycles. The van der Waals surface area contributed by atoms with E-state index in [0.717, 1.165) is 61.0 Å². The van der Waals surface area contributed by atoms with Crippen LogP contribution in [-0.4, -0.2) is 42.1 Å². The maximum absolute atomic E-state index is 13.0. The molecule has 7 heteroatoms. The second-order valence-electron chi connectivity index (χ2n) is 9.61. The van der Waals surface area contributed by atoms with Crippen LogP contribution in [0, 0.1) is 0 Å². The molecule has 0 saturated carbocycles. The Morgan fingerprint density at radius 1 is 1.15 bits per heavy atom. The molecule has 34 heavy (non-hydrogen) atoms. The van der Waals surface area contributed by atoms with Crippen LogP contribution in [0.4, 0.5) is 14.5 Å². The van der Waals surface area contributed by atoms with Crippen molar-refractivity contribution in [1.29, 1.82) is 0 Å². The molecule has 0 N–H and O–H groups in total. The summed E-state index contributed by atoms with van der Waals surface area (Å²) in [4.78, 5) is 19.6. The first-order chi connectivity index (χ1) is 16.5. The van der Waals surface area contributed by atoms with E-state index in [9.17, 15) is 13.6 Å². The molecular weight excluding hydrogens is 436 g/mol. The Kier molecular flexibility index (Phi) is 6.38. The molecule has 5 rings (SSSR count). The number of carbonyl (C=O) groups excluding carboxylic acids is 1. The number of ether oxygens (including phenoxy) is 1. The monoisotopic (exact) mass is 467 g/mol. The molecule has 2 aliphatic rings. The summed E-state index contributed by atoms with van der Waals surface area (Å²) in [7, 11) is 2.13. The molecule has 2 aromatic carbocycles. The second kappa shape index (κ2) is 9.45. The van der Waals surface area contributed by atoms with Gasteiger partial charge in [-0.25, -0.2) is 13.8 Å². The highest BCUT2D eigenvalue weighted by Crippen LogP contribution is 2.38. The lowest BCUT2D eigenvalue weighted by Gasteiger charge is -2.34. The molecule has 2 aliphatic heterocycles. The van der Waals surface area contributed by atoms with Crippen molar-refractivity contribution in [3.05, 3.63) is 58.9 Å². The van der Waals surface area contributed by atoms with Crippen molar-refractivity contribution in [3.63, 3.8) is 0 Å². The van der Waals surface area contributed by atoms with Gasteiger partial charge in [-0.05, 0) is 50.3 Å². The van der Waals surface area contributed by atoms with E-state index >= 15 is 0 Å². The van der Waals surface area contributed by atoms with Gasteiger partial charge in [0.2, 0.25) is 0 Å². The molecule has 3 atom stereocenters. The van der Waals surface area contributed by atoms with E-state index in [1.807, 2.05) is 0 Å². The van der Waals surface area contributed by atoms with Crippen LogP contribution in [0.3, 0.4) is 0 Å². The van der Waals surface area contributed by atoms with E-state index in [2.05, 4.69) is 35.6 Å². The number of fused-ring (bicyclic) bond motifs is 3. The van der Waals surface area contributed by atoms with Gasteiger partial charge in [-0.2, -0.15) is 0 Å². The van der Waals surface area contributed by atoms with Crippen molar-refractivity contribution in [2.75, 3.05) is 25.2 Å². The number of alkyl halides is 2. The number of aromatic nitrogens is 2. The fourth-order valence-electron chi connectivity index (χ4n) is 5.42. The van der Waals surface area contributed by atoms with Crippen LogP contribution in [0.25, 0.3) is 11.0 Å². The molecule has 3 heterocycles. The van der Waals surface area contributed by atoms with Gasteiger partial charge in [-0.1, -0.05) is 24.3 Å². The Balaban J connectivity index is 1.57. The average Bonchev–Trinajstić information content (AvgIpc) is 3.23. The molecule has 1 aromatic heterocycles. The smallest absolute Gasteiger partial charge is 0.263 e. The van der Waals surface area contributed by atoms with Gasteiger partial charge in [0.25, 0.3) is 6.43 Å². The van der Waals surface area contributed by atoms with Crippen LogP contribution >= 0.6 is 0 Å². The Morgan fingerprint density at radius 2 is 1.91 bits per heavy atom. The number of halogens is 2. The third kappa shape index (κ3) is 4.11. The predicted octanol–water partition coefficient (Wildman–Crippen LogP) is 5.62. The summed E-state index contributed by atoms with van der Waals surface area (Å²) in [5.41, 5.74) is 5.27. The minimum absolute atomic E-state index is 0.0371. The minimum atomic E-state index is -2.52. The summed E-state index contributed by atoms with van der Waals surface area (Å²) in [6.45, 7) is 3.63. The zero-order valence-corrected chi connectivity index (χ0v) is 19.7. The quantitative estimate of drug-likeness (QED) is 0.442. The second-order valence-corrected chi connectivity index (χ2v) is 9.61. The largest absolute Gasteiger partial charge is 0.379 e. The van der Waals surface area contributed by atoms with E-state index in [-0.39, 0.29) is 11.6 Å². The van der Waals surface area contributed by atoms with E-state index in [0.29, 0.717) is 19.1 Å². The fraction of sp³-hybridized carbons (Fsp3) is 0.481. The first kappa shape index (κ1) is 23.0. The molecule has 0 aliphatic carbocycles. The van der Waals surface area contributed by atoms with E-state index in [1.165, 1.54) is 23.4 Å². The van der Waals surface area contributed by atoms with Crippen molar-refractivity contribution in [2.45, 2.75) is 63.5 Å². The number of aryl methyl sites for hydroxylation is 1. The van der Waals surface area contributed by atoms with Gasteiger partial charge in [0.1, 0.15) is 12.1 Å². The Bertz CT molecular complexity index is 1170. The van der Waals surface area contributed by atoms with Gasteiger partial charge < -0.3 is 19.0 Å².